The molecule has 26 heavy (non-hydrogen) atoms. The van der Waals surface area contributed by atoms with Crippen LogP contribution in [-0.2, 0) is 11.3 Å². The van der Waals surface area contributed by atoms with Crippen molar-refractivity contribution in [2.24, 2.45) is 0 Å². The van der Waals surface area contributed by atoms with E-state index < -0.39 is 12.0 Å². The molecular weight excluding hydrogens is 330 g/mol. The molecule has 0 saturated carbocycles. The number of carboxylic acid groups (broad SMARTS) is 1. The summed E-state index contributed by atoms with van der Waals surface area (Å²) in [6.45, 7) is 1.19. The van der Waals surface area contributed by atoms with E-state index in [1.165, 1.54) is 10.5 Å². The molecule has 2 unspecified atom stereocenters. The van der Waals surface area contributed by atoms with Gasteiger partial charge in [0.15, 0.2) is 0 Å². The van der Waals surface area contributed by atoms with Crippen LogP contribution in [0.3, 0.4) is 0 Å². The summed E-state index contributed by atoms with van der Waals surface area (Å²) in [4.78, 5) is 32.1. The molecule has 1 N–H and O–H groups in total. The number of carbonyl (C=O) groups is 2. The highest BCUT2D eigenvalue weighted by atomic mass is 16.4. The van der Waals surface area contributed by atoms with Crippen LogP contribution in [0.15, 0.2) is 54.9 Å². The number of carbonyl (C=O) groups excluding carboxylic acids is 1. The van der Waals surface area contributed by atoms with E-state index in [-0.39, 0.29) is 11.9 Å². The Morgan fingerprint density at radius 2 is 1.88 bits per heavy atom. The van der Waals surface area contributed by atoms with E-state index in [1.54, 1.807) is 24.5 Å². The lowest BCUT2D eigenvalue weighted by Crippen LogP contribution is -2.54. The fourth-order valence-electron chi connectivity index (χ4n) is 3.49. The first-order valence-electron chi connectivity index (χ1n) is 8.74. The predicted octanol–water partition coefficient (Wildman–Crippen LogP) is 2.27. The number of pyridine rings is 1. The molecule has 0 radical (unpaired) electrons. The highest BCUT2D eigenvalue weighted by molar-refractivity contribution is 5.96. The molecule has 1 fully saturated rings. The molecule has 6 heteroatoms. The Hall–Kier alpha value is -2.73. The Bertz CT molecular complexity index is 751. The van der Waals surface area contributed by atoms with E-state index in [2.05, 4.69) is 22.0 Å². The average molecular weight is 353 g/mol. The van der Waals surface area contributed by atoms with Gasteiger partial charge in [0.25, 0.3) is 5.91 Å². The number of aliphatic carboxylic acids is 1. The van der Waals surface area contributed by atoms with Gasteiger partial charge in [-0.05, 0) is 37.6 Å². The number of carboxylic acids is 1. The van der Waals surface area contributed by atoms with Crippen molar-refractivity contribution in [3.05, 3.63) is 66.0 Å². The lowest BCUT2D eigenvalue weighted by Gasteiger charge is -2.40. The first kappa shape index (κ1) is 18.1. The Balaban J connectivity index is 1.70. The third-order valence-electron chi connectivity index (χ3n) is 4.95. The van der Waals surface area contributed by atoms with Gasteiger partial charge < -0.3 is 10.0 Å². The van der Waals surface area contributed by atoms with E-state index in [1.807, 2.05) is 25.2 Å². The van der Waals surface area contributed by atoms with Crippen LogP contribution < -0.4 is 0 Å². The molecule has 2 atom stereocenters. The molecule has 0 spiro atoms. The Morgan fingerprint density at radius 1 is 1.19 bits per heavy atom. The normalized spacial score (nSPS) is 20.2. The van der Waals surface area contributed by atoms with Gasteiger partial charge in [-0.15, -0.1) is 0 Å². The predicted molar refractivity (Wildman–Crippen MR) is 97.6 cm³/mol. The van der Waals surface area contributed by atoms with Crippen molar-refractivity contribution in [2.75, 3.05) is 13.6 Å². The number of aromatic nitrogens is 1. The van der Waals surface area contributed by atoms with Crippen molar-refractivity contribution < 1.29 is 14.7 Å². The molecule has 1 aliphatic heterocycles. The maximum Gasteiger partial charge on any atom is 0.326 e. The number of nitrogens with zero attached hydrogens (tertiary/aromatic N) is 3. The number of amides is 1. The van der Waals surface area contributed by atoms with Gasteiger partial charge in [0, 0.05) is 37.1 Å². The molecule has 0 aliphatic carbocycles. The van der Waals surface area contributed by atoms with Gasteiger partial charge in [-0.25, -0.2) is 4.79 Å². The summed E-state index contributed by atoms with van der Waals surface area (Å²) < 4.78 is 0. The highest BCUT2D eigenvalue weighted by Gasteiger charge is 2.37. The van der Waals surface area contributed by atoms with Gasteiger partial charge in [0.2, 0.25) is 0 Å². The fraction of sp³-hybridized carbons (Fsp3) is 0.350. The molecule has 1 aromatic carbocycles. The molecule has 2 aromatic rings. The Morgan fingerprint density at radius 3 is 2.54 bits per heavy atom. The monoisotopic (exact) mass is 353 g/mol. The van der Waals surface area contributed by atoms with E-state index in [4.69, 9.17) is 0 Å². The molecule has 136 valence electrons. The van der Waals surface area contributed by atoms with Crippen molar-refractivity contribution in [1.29, 1.82) is 0 Å². The topological polar surface area (TPSA) is 73.7 Å². The largest absolute Gasteiger partial charge is 0.480 e. The summed E-state index contributed by atoms with van der Waals surface area (Å²) in [6, 6.07) is 12.7. The van der Waals surface area contributed by atoms with E-state index in [0.717, 1.165) is 13.0 Å². The zero-order chi connectivity index (χ0) is 18.5. The van der Waals surface area contributed by atoms with Crippen LogP contribution in [0.5, 0.6) is 0 Å². The molecule has 1 aromatic heterocycles. The van der Waals surface area contributed by atoms with Crippen LogP contribution in [-0.4, -0.2) is 57.4 Å². The van der Waals surface area contributed by atoms with Gasteiger partial charge in [-0.3, -0.25) is 14.7 Å². The van der Waals surface area contributed by atoms with Gasteiger partial charge in [0.1, 0.15) is 6.04 Å². The van der Waals surface area contributed by atoms with E-state index >= 15 is 0 Å². The number of likely N-dealkylation sites (tertiary alicyclic amines) is 1. The smallest absolute Gasteiger partial charge is 0.326 e. The van der Waals surface area contributed by atoms with Crippen LogP contribution in [0.4, 0.5) is 0 Å². The summed E-state index contributed by atoms with van der Waals surface area (Å²) >= 11 is 0. The lowest BCUT2D eigenvalue weighted by molar-refractivity contribution is -0.144. The molecule has 1 aliphatic rings. The summed E-state index contributed by atoms with van der Waals surface area (Å²) in [5.41, 5.74) is 1.67. The van der Waals surface area contributed by atoms with Crippen molar-refractivity contribution in [3.8, 4) is 0 Å². The van der Waals surface area contributed by atoms with E-state index in [9.17, 15) is 14.7 Å². The number of rotatable bonds is 5. The number of benzene rings is 1. The van der Waals surface area contributed by atoms with Crippen LogP contribution in [0.25, 0.3) is 0 Å². The first-order valence-corrected chi connectivity index (χ1v) is 8.74. The minimum Gasteiger partial charge on any atom is -0.480 e. The van der Waals surface area contributed by atoms with Gasteiger partial charge in [0.05, 0.1) is 0 Å². The Labute approximate surface area is 153 Å². The van der Waals surface area contributed by atoms with Crippen LogP contribution in [0.2, 0.25) is 0 Å². The molecular formula is C20H23N3O3. The molecule has 1 amide bonds. The molecule has 6 nitrogen and oxygen atoms in total. The van der Waals surface area contributed by atoms with Gasteiger partial charge in [-0.1, -0.05) is 30.3 Å². The van der Waals surface area contributed by atoms with Crippen LogP contribution in [0.1, 0.15) is 28.8 Å². The second kappa shape index (κ2) is 8.10. The Kier molecular flexibility index (Phi) is 5.63. The quantitative estimate of drug-likeness (QED) is 0.893. The maximum atomic E-state index is 12.7. The van der Waals surface area contributed by atoms with Crippen LogP contribution in [0, 0.1) is 0 Å². The zero-order valence-electron chi connectivity index (χ0n) is 14.8. The van der Waals surface area contributed by atoms with E-state index in [0.29, 0.717) is 18.5 Å². The third kappa shape index (κ3) is 4.08. The molecule has 2 heterocycles. The van der Waals surface area contributed by atoms with Crippen LogP contribution >= 0.6 is 0 Å². The lowest BCUT2D eigenvalue weighted by atomic mass is 9.94. The number of hydrogen-bond acceptors (Lipinski definition) is 4. The zero-order valence-corrected chi connectivity index (χ0v) is 14.8. The van der Waals surface area contributed by atoms with Crippen molar-refractivity contribution in [1.82, 2.24) is 14.8 Å². The standard InChI is InChI=1S/C20H23N3O3/c1-22(14-15-5-3-2-4-6-15)17-9-12-23(18(13-17)20(25)26)19(24)16-7-10-21-11-8-16/h2-8,10-11,17-18H,9,12-14H2,1H3,(H,25,26). The van der Waals surface area contributed by atoms with Gasteiger partial charge >= 0.3 is 5.97 Å². The van der Waals surface area contributed by atoms with Crippen molar-refractivity contribution >= 4 is 11.9 Å². The summed E-state index contributed by atoms with van der Waals surface area (Å²) in [5.74, 6) is -1.20. The van der Waals surface area contributed by atoms with Crippen molar-refractivity contribution in [3.63, 3.8) is 0 Å². The SMILES string of the molecule is CN(Cc1ccccc1)C1CCN(C(=O)c2ccncc2)C(C(=O)O)C1. The fourth-order valence-corrected chi connectivity index (χ4v) is 3.49. The van der Waals surface area contributed by atoms with Crippen molar-refractivity contribution in [2.45, 2.75) is 31.5 Å². The number of hydrogen-bond donors (Lipinski definition) is 1. The second-order valence-electron chi connectivity index (χ2n) is 6.67. The summed E-state index contributed by atoms with van der Waals surface area (Å²) in [7, 11) is 2.01. The maximum absolute atomic E-state index is 12.7. The summed E-state index contributed by atoms with van der Waals surface area (Å²) in [5, 5.41) is 9.67. The third-order valence-corrected chi connectivity index (χ3v) is 4.95. The molecule has 1 saturated heterocycles. The van der Waals surface area contributed by atoms with Gasteiger partial charge in [-0.2, -0.15) is 0 Å². The second-order valence-corrected chi connectivity index (χ2v) is 6.67. The minimum absolute atomic E-state index is 0.123. The minimum atomic E-state index is -0.954. The average Bonchev–Trinajstić information content (AvgIpc) is 2.68. The first-order chi connectivity index (χ1) is 12.6. The summed E-state index contributed by atoms with van der Waals surface area (Å²) in [6.07, 6.45) is 4.27. The molecule has 0 bridgehead atoms. The molecule has 3 rings (SSSR count). The number of piperidine rings is 1. The highest BCUT2D eigenvalue weighted by Crippen LogP contribution is 2.24.